The first-order valence-electron chi connectivity index (χ1n) is 4.43. The van der Waals surface area contributed by atoms with E-state index in [1.54, 1.807) is 0 Å². The van der Waals surface area contributed by atoms with Crippen LogP contribution in [0.3, 0.4) is 0 Å². The van der Waals surface area contributed by atoms with Gasteiger partial charge in [-0.1, -0.05) is 0 Å². The zero-order chi connectivity index (χ0) is 12.1. The molecular formula is C9H11NO6. The molecule has 0 radical (unpaired) electrons. The van der Waals surface area contributed by atoms with E-state index in [-0.39, 0.29) is 6.54 Å². The van der Waals surface area contributed by atoms with E-state index in [0.29, 0.717) is 5.57 Å². The first-order valence-corrected chi connectivity index (χ1v) is 4.43. The van der Waals surface area contributed by atoms with E-state index in [4.69, 9.17) is 0 Å². The van der Waals surface area contributed by atoms with Crippen LogP contribution in [0.25, 0.3) is 0 Å². The SMILES string of the molecule is COC(=O)CNC(=O)OC1C=C(C)C(=O)O1. The molecule has 7 heteroatoms. The van der Waals surface area contributed by atoms with Crippen LogP contribution >= 0.6 is 0 Å². The Morgan fingerprint density at radius 3 is 2.75 bits per heavy atom. The average molecular weight is 229 g/mol. The smallest absolute Gasteiger partial charge is 0.410 e. The molecule has 0 spiro atoms. The first-order chi connectivity index (χ1) is 7.52. The van der Waals surface area contributed by atoms with Gasteiger partial charge in [0.25, 0.3) is 6.29 Å². The summed E-state index contributed by atoms with van der Waals surface area (Å²) in [7, 11) is 1.19. The molecule has 1 amide bonds. The van der Waals surface area contributed by atoms with Crippen LogP contribution in [0.15, 0.2) is 11.6 Å². The van der Waals surface area contributed by atoms with Crippen LogP contribution in [0.2, 0.25) is 0 Å². The minimum Gasteiger partial charge on any atom is -0.468 e. The minimum atomic E-state index is -1.04. The Morgan fingerprint density at radius 1 is 1.56 bits per heavy atom. The van der Waals surface area contributed by atoms with Gasteiger partial charge in [0.05, 0.1) is 7.11 Å². The summed E-state index contributed by atoms with van der Waals surface area (Å²) in [5.41, 5.74) is 0.366. The molecule has 1 heterocycles. The number of amides is 1. The Labute approximate surface area is 91.3 Å². The van der Waals surface area contributed by atoms with E-state index in [1.807, 2.05) is 0 Å². The fourth-order valence-electron chi connectivity index (χ4n) is 0.926. The molecule has 0 aliphatic carbocycles. The van der Waals surface area contributed by atoms with Crippen molar-refractivity contribution in [2.45, 2.75) is 13.2 Å². The normalized spacial score (nSPS) is 18.5. The standard InChI is InChI=1S/C9H11NO6/c1-5-3-7(15-8(5)12)16-9(13)10-4-6(11)14-2/h3,7H,4H2,1-2H3,(H,10,13). The second-order valence-corrected chi connectivity index (χ2v) is 2.96. The number of cyclic esters (lactones) is 1. The Hall–Kier alpha value is -2.05. The van der Waals surface area contributed by atoms with Crippen LogP contribution in [-0.4, -0.2) is 38.0 Å². The highest BCUT2D eigenvalue weighted by atomic mass is 16.7. The molecule has 0 aromatic heterocycles. The lowest BCUT2D eigenvalue weighted by molar-refractivity contribution is -0.151. The second-order valence-electron chi connectivity index (χ2n) is 2.96. The Kier molecular flexibility index (Phi) is 3.87. The number of hydrogen-bond donors (Lipinski definition) is 1. The Morgan fingerprint density at radius 2 is 2.25 bits per heavy atom. The van der Waals surface area contributed by atoms with Crippen molar-refractivity contribution in [2.75, 3.05) is 13.7 Å². The molecule has 0 saturated heterocycles. The van der Waals surface area contributed by atoms with Crippen LogP contribution < -0.4 is 5.32 Å². The second kappa shape index (κ2) is 5.15. The third-order valence-corrected chi connectivity index (χ3v) is 1.76. The number of methoxy groups -OCH3 is 1. The molecule has 0 aromatic carbocycles. The van der Waals surface area contributed by atoms with Crippen LogP contribution in [0.5, 0.6) is 0 Å². The number of alkyl carbamates (subject to hydrolysis) is 1. The summed E-state index contributed by atoms with van der Waals surface area (Å²) in [6.07, 6.45) is -0.542. The summed E-state index contributed by atoms with van der Waals surface area (Å²) in [6, 6.07) is 0. The predicted molar refractivity (Wildman–Crippen MR) is 50.1 cm³/mol. The van der Waals surface area contributed by atoms with Gasteiger partial charge in [0.2, 0.25) is 0 Å². The lowest BCUT2D eigenvalue weighted by Gasteiger charge is -2.10. The molecule has 1 N–H and O–H groups in total. The van der Waals surface area contributed by atoms with Crippen LogP contribution in [0.1, 0.15) is 6.92 Å². The van der Waals surface area contributed by atoms with Gasteiger partial charge >= 0.3 is 18.0 Å². The van der Waals surface area contributed by atoms with E-state index < -0.39 is 24.3 Å². The molecule has 1 aliphatic rings. The quantitative estimate of drug-likeness (QED) is 0.669. The molecular weight excluding hydrogens is 218 g/mol. The van der Waals surface area contributed by atoms with Crippen molar-refractivity contribution < 1.29 is 28.6 Å². The van der Waals surface area contributed by atoms with Crippen LogP contribution in [0, 0.1) is 0 Å². The van der Waals surface area contributed by atoms with Crippen molar-refractivity contribution in [3.05, 3.63) is 11.6 Å². The average Bonchev–Trinajstić information content (AvgIpc) is 2.54. The maximum Gasteiger partial charge on any atom is 0.410 e. The summed E-state index contributed by atoms with van der Waals surface area (Å²) in [6.45, 7) is 1.23. The van der Waals surface area contributed by atoms with Gasteiger partial charge < -0.3 is 19.5 Å². The predicted octanol–water partition coefficient (Wildman–Crippen LogP) is -0.285. The molecule has 88 valence electrons. The Balaban J connectivity index is 2.31. The van der Waals surface area contributed by atoms with Gasteiger partial charge in [0, 0.05) is 11.6 Å². The van der Waals surface area contributed by atoms with Gasteiger partial charge in [0.15, 0.2) is 0 Å². The fraction of sp³-hybridized carbons (Fsp3) is 0.444. The molecule has 0 saturated carbocycles. The minimum absolute atomic E-state index is 0.307. The van der Waals surface area contributed by atoms with E-state index in [9.17, 15) is 14.4 Å². The van der Waals surface area contributed by atoms with Crippen molar-refractivity contribution >= 4 is 18.0 Å². The molecule has 16 heavy (non-hydrogen) atoms. The number of rotatable bonds is 3. The summed E-state index contributed by atoms with van der Waals surface area (Å²) >= 11 is 0. The Bertz CT molecular complexity index is 348. The zero-order valence-electron chi connectivity index (χ0n) is 8.81. The number of carbonyl (C=O) groups excluding carboxylic acids is 3. The molecule has 1 atom stereocenters. The monoisotopic (exact) mass is 229 g/mol. The zero-order valence-corrected chi connectivity index (χ0v) is 8.81. The van der Waals surface area contributed by atoms with E-state index in [2.05, 4.69) is 19.5 Å². The molecule has 7 nitrogen and oxygen atoms in total. The number of nitrogens with one attached hydrogen (secondary N) is 1. The number of ether oxygens (including phenoxy) is 3. The highest BCUT2D eigenvalue weighted by Gasteiger charge is 2.25. The van der Waals surface area contributed by atoms with Crippen LogP contribution in [0.4, 0.5) is 4.79 Å². The van der Waals surface area contributed by atoms with Gasteiger partial charge in [-0.15, -0.1) is 0 Å². The van der Waals surface area contributed by atoms with Crippen molar-refractivity contribution in [1.82, 2.24) is 5.32 Å². The molecule has 0 bridgehead atoms. The number of hydrogen-bond acceptors (Lipinski definition) is 6. The van der Waals surface area contributed by atoms with Crippen molar-refractivity contribution in [3.63, 3.8) is 0 Å². The van der Waals surface area contributed by atoms with Gasteiger partial charge in [-0.3, -0.25) is 4.79 Å². The third kappa shape index (κ3) is 3.26. The van der Waals surface area contributed by atoms with Gasteiger partial charge in [0.1, 0.15) is 6.54 Å². The van der Waals surface area contributed by atoms with Gasteiger partial charge in [-0.05, 0) is 6.92 Å². The molecule has 0 aromatic rings. The van der Waals surface area contributed by atoms with Gasteiger partial charge in [-0.25, -0.2) is 9.59 Å². The van der Waals surface area contributed by atoms with Crippen LogP contribution in [-0.2, 0) is 23.8 Å². The van der Waals surface area contributed by atoms with Crippen molar-refractivity contribution in [2.24, 2.45) is 0 Å². The highest BCUT2D eigenvalue weighted by Crippen LogP contribution is 2.13. The van der Waals surface area contributed by atoms with E-state index in [1.165, 1.54) is 20.1 Å². The maximum absolute atomic E-state index is 11.1. The maximum atomic E-state index is 11.1. The first kappa shape index (κ1) is 12.0. The molecule has 1 rings (SSSR count). The van der Waals surface area contributed by atoms with Crippen molar-refractivity contribution in [1.29, 1.82) is 0 Å². The summed E-state index contributed by atoms with van der Waals surface area (Å²) < 4.78 is 13.6. The largest absolute Gasteiger partial charge is 0.468 e. The molecule has 1 aliphatic heterocycles. The third-order valence-electron chi connectivity index (χ3n) is 1.76. The number of esters is 2. The van der Waals surface area contributed by atoms with Crippen molar-refractivity contribution in [3.8, 4) is 0 Å². The fourth-order valence-corrected chi connectivity index (χ4v) is 0.926. The summed E-state index contributed by atoms with van der Waals surface area (Å²) in [5, 5.41) is 2.13. The molecule has 1 unspecified atom stereocenters. The van der Waals surface area contributed by atoms with E-state index >= 15 is 0 Å². The topological polar surface area (TPSA) is 90.9 Å². The summed E-state index contributed by atoms with van der Waals surface area (Å²) in [5.74, 6) is -1.14. The van der Waals surface area contributed by atoms with Gasteiger partial charge in [-0.2, -0.15) is 0 Å². The lowest BCUT2D eigenvalue weighted by atomic mass is 10.3. The lowest BCUT2D eigenvalue weighted by Crippen LogP contribution is -2.33. The molecule has 0 fully saturated rings. The summed E-state index contributed by atoms with van der Waals surface area (Å²) in [4.78, 5) is 32.6. The highest BCUT2D eigenvalue weighted by molar-refractivity contribution is 5.90. The van der Waals surface area contributed by atoms with E-state index in [0.717, 1.165) is 0 Å². The number of carbonyl (C=O) groups is 3.